The molecule has 3 atom stereocenters. The molecule has 1 aromatic heterocycles. The number of hydrogen-bond donors (Lipinski definition) is 3. The molecule has 0 spiro atoms. The molecule has 22 heavy (non-hydrogen) atoms. The summed E-state index contributed by atoms with van der Waals surface area (Å²) in [4.78, 5) is 23.1. The van der Waals surface area contributed by atoms with Gasteiger partial charge >= 0.3 is 6.03 Å². The molecule has 1 aromatic rings. The van der Waals surface area contributed by atoms with Gasteiger partial charge in [-0.05, 0) is 19.8 Å². The Kier molecular flexibility index (Phi) is 4.82. The number of nitrogens with one attached hydrogen (secondary N) is 3. The van der Waals surface area contributed by atoms with E-state index in [2.05, 4.69) is 26.1 Å². The van der Waals surface area contributed by atoms with Crippen molar-refractivity contribution < 1.29 is 9.59 Å². The zero-order valence-electron chi connectivity index (χ0n) is 12.3. The highest BCUT2D eigenvalue weighted by molar-refractivity contribution is 8.00. The van der Waals surface area contributed by atoms with E-state index >= 15 is 0 Å². The molecular weight excluding hydrogens is 322 g/mol. The Hall–Kier alpha value is -1.35. The van der Waals surface area contributed by atoms with Crippen LogP contribution in [0.25, 0.3) is 0 Å². The number of rotatable bonds is 6. The minimum Gasteiger partial charge on any atom is -0.332 e. The number of aromatic nitrogens is 2. The van der Waals surface area contributed by atoms with E-state index in [1.54, 1.807) is 0 Å². The lowest BCUT2D eigenvalue weighted by molar-refractivity contribution is -0.116. The molecule has 0 aromatic carbocycles. The lowest BCUT2D eigenvalue weighted by Crippen LogP contribution is -2.36. The minimum absolute atomic E-state index is 0.0102. The average Bonchev–Trinajstić information content (AvgIpc) is 3.12. The molecular formula is C13H19N5O2S2. The van der Waals surface area contributed by atoms with Gasteiger partial charge in [-0.2, -0.15) is 11.8 Å². The summed E-state index contributed by atoms with van der Waals surface area (Å²) < 4.78 is 0. The zero-order valence-corrected chi connectivity index (χ0v) is 13.9. The monoisotopic (exact) mass is 341 g/mol. The molecule has 3 rings (SSSR count). The Labute approximate surface area is 137 Å². The zero-order chi connectivity index (χ0) is 15.5. The van der Waals surface area contributed by atoms with Gasteiger partial charge in [0, 0.05) is 17.4 Å². The number of fused-ring (bicyclic) bond motifs is 1. The van der Waals surface area contributed by atoms with Crippen LogP contribution in [0.2, 0.25) is 0 Å². The highest BCUT2D eigenvalue weighted by Gasteiger charge is 2.42. The molecule has 0 bridgehead atoms. The second kappa shape index (κ2) is 6.82. The number of hydrogen-bond acceptors (Lipinski definition) is 6. The summed E-state index contributed by atoms with van der Waals surface area (Å²) in [6, 6.07) is 0.467. The van der Waals surface area contributed by atoms with Crippen LogP contribution >= 0.6 is 23.1 Å². The third-order valence-corrected chi connectivity index (χ3v) is 6.12. The number of carbonyl (C=O) groups excluding carboxylic acids is 2. The lowest BCUT2D eigenvalue weighted by Gasteiger charge is -2.16. The Bertz CT molecular complexity index is 564. The van der Waals surface area contributed by atoms with Crippen LogP contribution in [0.5, 0.6) is 0 Å². The number of nitrogens with zero attached hydrogens (tertiary/aromatic N) is 2. The van der Waals surface area contributed by atoms with Crippen LogP contribution in [0.3, 0.4) is 0 Å². The van der Waals surface area contributed by atoms with E-state index in [0.717, 1.165) is 30.0 Å². The molecule has 2 aliphatic heterocycles. The topological polar surface area (TPSA) is 96.0 Å². The van der Waals surface area contributed by atoms with Crippen LogP contribution in [0.1, 0.15) is 30.7 Å². The van der Waals surface area contributed by atoms with Gasteiger partial charge in [-0.1, -0.05) is 17.8 Å². The lowest BCUT2D eigenvalue weighted by atomic mass is 10.0. The standard InChI is InChI=1S/C13H19N5O2S2/c1-7-17-18-13(22-7)15-10(19)5-3-2-4-9-11-8(6-21-9)14-12(20)16-11/h8-9,11H,2-6H2,1H3,(H2,14,16,20)(H,15,18,19)/t8-,9-,11-/m0/s1. The van der Waals surface area contributed by atoms with Gasteiger partial charge in [0.25, 0.3) is 0 Å². The number of anilines is 1. The van der Waals surface area contributed by atoms with Crippen LogP contribution in [0.4, 0.5) is 9.93 Å². The SMILES string of the molecule is Cc1nnc(NC(=O)CCCC[C@@H]2SC[C@@H]3NC(=O)N[C@@H]32)s1. The molecule has 2 aliphatic rings. The van der Waals surface area contributed by atoms with Crippen molar-refractivity contribution in [3.05, 3.63) is 5.01 Å². The first kappa shape index (κ1) is 15.5. The summed E-state index contributed by atoms with van der Waals surface area (Å²) in [5.74, 6) is 0.967. The molecule has 3 N–H and O–H groups in total. The fraction of sp³-hybridized carbons (Fsp3) is 0.692. The van der Waals surface area contributed by atoms with Crippen LogP contribution in [-0.2, 0) is 4.79 Å². The number of urea groups is 1. The largest absolute Gasteiger partial charge is 0.332 e. The number of amides is 3. The maximum absolute atomic E-state index is 11.8. The number of thioether (sulfide) groups is 1. The van der Waals surface area contributed by atoms with Gasteiger partial charge in [0.05, 0.1) is 12.1 Å². The quantitative estimate of drug-likeness (QED) is 0.538. The summed E-state index contributed by atoms with van der Waals surface area (Å²) in [5, 5.41) is 18.3. The Morgan fingerprint density at radius 1 is 1.36 bits per heavy atom. The summed E-state index contributed by atoms with van der Waals surface area (Å²) >= 11 is 3.29. The molecule has 0 radical (unpaired) electrons. The summed E-state index contributed by atoms with van der Waals surface area (Å²) in [5.41, 5.74) is 0. The van der Waals surface area contributed by atoms with Crippen molar-refractivity contribution in [1.29, 1.82) is 0 Å². The molecule has 3 heterocycles. The highest BCUT2D eigenvalue weighted by Crippen LogP contribution is 2.33. The molecule has 2 fully saturated rings. The van der Waals surface area contributed by atoms with Gasteiger partial charge < -0.3 is 16.0 Å². The van der Waals surface area contributed by atoms with Gasteiger partial charge in [-0.25, -0.2) is 4.79 Å². The van der Waals surface area contributed by atoms with Gasteiger partial charge in [0.1, 0.15) is 5.01 Å². The second-order valence-electron chi connectivity index (χ2n) is 5.54. The summed E-state index contributed by atoms with van der Waals surface area (Å²) in [6.45, 7) is 1.86. The van der Waals surface area contributed by atoms with Crippen LogP contribution in [-0.4, -0.2) is 45.2 Å². The normalized spacial score (nSPS) is 26.4. The van der Waals surface area contributed by atoms with Crippen molar-refractivity contribution in [2.45, 2.75) is 49.9 Å². The summed E-state index contributed by atoms with van der Waals surface area (Å²) in [6.07, 6.45) is 3.35. The fourth-order valence-electron chi connectivity index (χ4n) is 2.80. The average molecular weight is 341 g/mol. The molecule has 3 amide bonds. The van der Waals surface area contributed by atoms with Crippen LogP contribution < -0.4 is 16.0 Å². The molecule has 0 saturated carbocycles. The van der Waals surface area contributed by atoms with Crippen LogP contribution in [0.15, 0.2) is 0 Å². The Morgan fingerprint density at radius 3 is 3.00 bits per heavy atom. The number of unbranched alkanes of at least 4 members (excludes halogenated alkanes) is 1. The highest BCUT2D eigenvalue weighted by atomic mass is 32.2. The van der Waals surface area contributed by atoms with Crippen molar-refractivity contribution in [3.8, 4) is 0 Å². The maximum atomic E-state index is 11.8. The van der Waals surface area contributed by atoms with Crippen molar-refractivity contribution in [2.24, 2.45) is 0 Å². The predicted molar refractivity (Wildman–Crippen MR) is 87.2 cm³/mol. The van der Waals surface area contributed by atoms with Crippen molar-refractivity contribution in [3.63, 3.8) is 0 Å². The first-order valence-corrected chi connectivity index (χ1v) is 9.27. The van der Waals surface area contributed by atoms with E-state index in [9.17, 15) is 9.59 Å². The molecule has 2 saturated heterocycles. The van der Waals surface area contributed by atoms with Crippen LogP contribution in [0, 0.1) is 6.92 Å². The van der Waals surface area contributed by atoms with Gasteiger partial charge in [-0.15, -0.1) is 10.2 Å². The second-order valence-corrected chi connectivity index (χ2v) is 8.00. The third-order valence-electron chi connectivity index (χ3n) is 3.85. The van der Waals surface area contributed by atoms with E-state index in [0.29, 0.717) is 16.8 Å². The van der Waals surface area contributed by atoms with E-state index in [-0.39, 0.29) is 24.0 Å². The maximum Gasteiger partial charge on any atom is 0.315 e. The Balaban J connectivity index is 1.34. The fourth-order valence-corrected chi connectivity index (χ4v) is 4.95. The number of carbonyl (C=O) groups is 2. The van der Waals surface area contributed by atoms with Crippen molar-refractivity contribution in [2.75, 3.05) is 11.1 Å². The van der Waals surface area contributed by atoms with Gasteiger partial charge in [0.15, 0.2) is 0 Å². The molecule has 7 nitrogen and oxygen atoms in total. The van der Waals surface area contributed by atoms with E-state index in [1.165, 1.54) is 11.3 Å². The Morgan fingerprint density at radius 2 is 2.23 bits per heavy atom. The minimum atomic E-state index is -0.0490. The summed E-state index contributed by atoms with van der Waals surface area (Å²) in [7, 11) is 0. The van der Waals surface area contributed by atoms with Gasteiger partial charge in [0.2, 0.25) is 11.0 Å². The first-order chi connectivity index (χ1) is 10.6. The number of aryl methyl sites for hydroxylation is 1. The van der Waals surface area contributed by atoms with E-state index in [1.807, 2.05) is 18.7 Å². The van der Waals surface area contributed by atoms with Crippen molar-refractivity contribution >= 4 is 40.2 Å². The molecule has 120 valence electrons. The van der Waals surface area contributed by atoms with E-state index < -0.39 is 0 Å². The third kappa shape index (κ3) is 3.70. The predicted octanol–water partition coefficient (Wildman–Crippen LogP) is 1.51. The first-order valence-electron chi connectivity index (χ1n) is 7.40. The molecule has 0 aliphatic carbocycles. The van der Waals surface area contributed by atoms with E-state index in [4.69, 9.17) is 0 Å². The van der Waals surface area contributed by atoms with Crippen molar-refractivity contribution in [1.82, 2.24) is 20.8 Å². The van der Waals surface area contributed by atoms with Gasteiger partial charge in [-0.3, -0.25) is 4.79 Å². The smallest absolute Gasteiger partial charge is 0.315 e. The molecule has 0 unspecified atom stereocenters. The molecule has 9 heteroatoms.